The van der Waals surface area contributed by atoms with Crippen LogP contribution in [0.3, 0.4) is 0 Å². The minimum atomic E-state index is 0.00487. The van der Waals surface area contributed by atoms with Gasteiger partial charge in [0.1, 0.15) is 0 Å². The Labute approximate surface area is 159 Å². The molecule has 27 heavy (non-hydrogen) atoms. The van der Waals surface area contributed by atoms with Gasteiger partial charge in [-0.25, -0.2) is 9.97 Å². The van der Waals surface area contributed by atoms with E-state index in [0.29, 0.717) is 24.3 Å². The van der Waals surface area contributed by atoms with Crippen LogP contribution in [0, 0.1) is 5.92 Å². The van der Waals surface area contributed by atoms with Gasteiger partial charge in [0.05, 0.1) is 25.5 Å². The first-order valence-corrected chi connectivity index (χ1v) is 9.49. The second-order valence-electron chi connectivity index (χ2n) is 7.39. The van der Waals surface area contributed by atoms with Gasteiger partial charge in [0.15, 0.2) is 0 Å². The third-order valence-corrected chi connectivity index (χ3v) is 5.37. The highest BCUT2D eigenvalue weighted by Crippen LogP contribution is 2.39. The molecule has 1 spiro atoms. The van der Waals surface area contributed by atoms with E-state index in [1.54, 1.807) is 31.9 Å². The molecular weight excluding hydrogens is 344 g/mol. The van der Waals surface area contributed by atoms with Crippen molar-refractivity contribution in [3.63, 3.8) is 0 Å². The highest BCUT2D eigenvalue weighted by Gasteiger charge is 2.47. The standard InChI is InChI=1S/C20H26N4O3/c1-25-19-17(3-2-6-23-19)13-24-14-20(15-24)11-16(5-10-27-20)4-9-26-18-12-21-7-8-22-18/h2-3,6-8,12,16H,4-5,9-11,13-15H2,1H3/t16-/m0/s1. The first-order valence-electron chi connectivity index (χ1n) is 9.49. The first kappa shape index (κ1) is 18.1. The Balaban J connectivity index is 1.24. The lowest BCUT2D eigenvalue weighted by atomic mass is 9.79. The molecule has 2 fully saturated rings. The van der Waals surface area contributed by atoms with Gasteiger partial charge >= 0.3 is 0 Å². The zero-order valence-electron chi connectivity index (χ0n) is 15.7. The van der Waals surface area contributed by atoms with Gasteiger partial charge in [0, 0.05) is 50.4 Å². The molecule has 0 aromatic carbocycles. The van der Waals surface area contributed by atoms with Gasteiger partial charge in [-0.05, 0) is 31.2 Å². The van der Waals surface area contributed by atoms with E-state index in [-0.39, 0.29) is 5.60 Å². The van der Waals surface area contributed by atoms with Crippen LogP contribution >= 0.6 is 0 Å². The highest BCUT2D eigenvalue weighted by molar-refractivity contribution is 5.25. The molecule has 2 saturated heterocycles. The van der Waals surface area contributed by atoms with E-state index >= 15 is 0 Å². The third-order valence-electron chi connectivity index (χ3n) is 5.37. The van der Waals surface area contributed by atoms with Crippen molar-refractivity contribution in [1.82, 2.24) is 19.9 Å². The SMILES string of the molecule is COc1ncccc1CN1CC2(C[C@@H](CCOc3cnccn3)CCO2)C1. The number of hydrogen-bond donors (Lipinski definition) is 0. The summed E-state index contributed by atoms with van der Waals surface area (Å²) in [6.07, 6.45) is 9.94. The predicted octanol–water partition coefficient (Wildman–Crippen LogP) is 2.33. The normalized spacial score (nSPS) is 21.6. The molecule has 2 aliphatic heterocycles. The number of likely N-dealkylation sites (tertiary alicyclic amines) is 1. The molecule has 4 heterocycles. The van der Waals surface area contributed by atoms with Crippen LogP contribution in [-0.2, 0) is 11.3 Å². The Bertz CT molecular complexity index is 737. The summed E-state index contributed by atoms with van der Waals surface area (Å²) in [7, 11) is 1.67. The van der Waals surface area contributed by atoms with Crippen LogP contribution in [0.1, 0.15) is 24.8 Å². The summed E-state index contributed by atoms with van der Waals surface area (Å²) >= 11 is 0. The molecule has 4 rings (SSSR count). The Morgan fingerprint density at radius 2 is 2.19 bits per heavy atom. The van der Waals surface area contributed by atoms with Crippen molar-refractivity contribution < 1.29 is 14.2 Å². The summed E-state index contributed by atoms with van der Waals surface area (Å²) < 4.78 is 17.2. The fraction of sp³-hybridized carbons (Fsp3) is 0.550. The number of methoxy groups -OCH3 is 1. The van der Waals surface area contributed by atoms with E-state index in [9.17, 15) is 0 Å². The van der Waals surface area contributed by atoms with Crippen LogP contribution in [0.2, 0.25) is 0 Å². The van der Waals surface area contributed by atoms with Gasteiger partial charge in [-0.3, -0.25) is 9.88 Å². The van der Waals surface area contributed by atoms with Gasteiger partial charge in [-0.1, -0.05) is 6.07 Å². The number of nitrogens with zero attached hydrogens (tertiary/aromatic N) is 4. The number of hydrogen-bond acceptors (Lipinski definition) is 7. The van der Waals surface area contributed by atoms with E-state index in [2.05, 4.69) is 25.9 Å². The lowest BCUT2D eigenvalue weighted by Crippen LogP contribution is -2.64. The van der Waals surface area contributed by atoms with E-state index in [1.807, 2.05) is 6.07 Å². The van der Waals surface area contributed by atoms with Crippen molar-refractivity contribution in [2.45, 2.75) is 31.4 Å². The Morgan fingerprint density at radius 3 is 3.00 bits per heavy atom. The van der Waals surface area contributed by atoms with Crippen molar-refractivity contribution in [2.75, 3.05) is 33.4 Å². The molecule has 144 valence electrons. The summed E-state index contributed by atoms with van der Waals surface area (Å²) in [6, 6.07) is 4.03. The summed E-state index contributed by atoms with van der Waals surface area (Å²) in [4.78, 5) is 14.9. The summed E-state index contributed by atoms with van der Waals surface area (Å²) in [5, 5.41) is 0. The van der Waals surface area contributed by atoms with Gasteiger partial charge < -0.3 is 14.2 Å². The van der Waals surface area contributed by atoms with Gasteiger partial charge in [-0.2, -0.15) is 0 Å². The largest absolute Gasteiger partial charge is 0.481 e. The molecule has 0 saturated carbocycles. The van der Waals surface area contributed by atoms with Gasteiger partial charge in [-0.15, -0.1) is 0 Å². The fourth-order valence-corrected chi connectivity index (χ4v) is 4.14. The van der Waals surface area contributed by atoms with Crippen molar-refractivity contribution in [2.24, 2.45) is 5.92 Å². The molecule has 0 amide bonds. The van der Waals surface area contributed by atoms with Crippen LogP contribution in [0.15, 0.2) is 36.9 Å². The van der Waals surface area contributed by atoms with Crippen LogP contribution in [-0.4, -0.2) is 58.9 Å². The van der Waals surface area contributed by atoms with Crippen molar-refractivity contribution >= 4 is 0 Å². The molecule has 0 N–H and O–H groups in total. The summed E-state index contributed by atoms with van der Waals surface area (Å²) in [5.41, 5.74) is 1.13. The monoisotopic (exact) mass is 370 g/mol. The van der Waals surface area contributed by atoms with Gasteiger partial charge in [0.25, 0.3) is 0 Å². The maximum Gasteiger partial charge on any atom is 0.232 e. The van der Waals surface area contributed by atoms with Crippen molar-refractivity contribution in [3.8, 4) is 11.8 Å². The number of rotatable bonds is 7. The molecule has 2 aromatic heterocycles. The lowest BCUT2D eigenvalue weighted by molar-refractivity contribution is -0.182. The van der Waals surface area contributed by atoms with Crippen molar-refractivity contribution in [1.29, 1.82) is 0 Å². The molecule has 7 heteroatoms. The summed E-state index contributed by atoms with van der Waals surface area (Å²) in [5.74, 6) is 1.94. The zero-order chi connectivity index (χ0) is 18.5. The Kier molecular flexibility index (Phi) is 5.50. The lowest BCUT2D eigenvalue weighted by Gasteiger charge is -2.53. The molecule has 0 radical (unpaired) electrons. The number of pyridine rings is 1. The maximum atomic E-state index is 6.17. The first-order chi connectivity index (χ1) is 13.3. The molecule has 0 unspecified atom stereocenters. The van der Waals surface area contributed by atoms with Crippen LogP contribution < -0.4 is 9.47 Å². The van der Waals surface area contributed by atoms with E-state index < -0.39 is 0 Å². The summed E-state index contributed by atoms with van der Waals surface area (Å²) in [6.45, 7) is 4.29. The molecule has 2 aliphatic rings. The predicted molar refractivity (Wildman–Crippen MR) is 99.6 cm³/mol. The number of aromatic nitrogens is 3. The second kappa shape index (κ2) is 8.19. The van der Waals surface area contributed by atoms with E-state index in [1.165, 1.54) is 0 Å². The average Bonchev–Trinajstić information content (AvgIpc) is 2.68. The third kappa shape index (κ3) is 4.36. The van der Waals surface area contributed by atoms with Crippen LogP contribution in [0.5, 0.6) is 11.8 Å². The molecule has 0 bridgehead atoms. The second-order valence-corrected chi connectivity index (χ2v) is 7.39. The van der Waals surface area contributed by atoms with Crippen LogP contribution in [0.4, 0.5) is 0 Å². The zero-order valence-corrected chi connectivity index (χ0v) is 15.7. The topological polar surface area (TPSA) is 69.6 Å². The maximum absolute atomic E-state index is 6.17. The molecule has 7 nitrogen and oxygen atoms in total. The molecule has 2 aromatic rings. The van der Waals surface area contributed by atoms with Crippen LogP contribution in [0.25, 0.3) is 0 Å². The average molecular weight is 370 g/mol. The Hall–Kier alpha value is -2.25. The minimum absolute atomic E-state index is 0.00487. The molecular formula is C20H26N4O3. The van der Waals surface area contributed by atoms with Gasteiger partial charge in [0.2, 0.25) is 11.8 Å². The smallest absolute Gasteiger partial charge is 0.232 e. The molecule has 0 aliphatic carbocycles. The highest BCUT2D eigenvalue weighted by atomic mass is 16.5. The fourth-order valence-electron chi connectivity index (χ4n) is 4.14. The van der Waals surface area contributed by atoms with E-state index in [0.717, 1.165) is 51.1 Å². The van der Waals surface area contributed by atoms with Crippen molar-refractivity contribution in [3.05, 3.63) is 42.5 Å². The Morgan fingerprint density at radius 1 is 1.26 bits per heavy atom. The molecule has 1 atom stereocenters. The minimum Gasteiger partial charge on any atom is -0.481 e. The quantitative estimate of drug-likeness (QED) is 0.741. The number of ether oxygens (including phenoxy) is 3. The van der Waals surface area contributed by atoms with E-state index in [4.69, 9.17) is 14.2 Å².